The van der Waals surface area contributed by atoms with Crippen molar-refractivity contribution in [3.8, 4) is 17.1 Å². The van der Waals surface area contributed by atoms with E-state index in [1.54, 1.807) is 12.4 Å². The summed E-state index contributed by atoms with van der Waals surface area (Å²) in [4.78, 5) is 3.98. The number of rotatable bonds is 6. The SMILES string of the molecule is Nn1c(SCCOc2ccccc2)nnc1-c1ccncc1. The lowest BCUT2D eigenvalue weighted by Gasteiger charge is -2.05. The van der Waals surface area contributed by atoms with E-state index in [4.69, 9.17) is 10.6 Å². The number of nitrogens with two attached hydrogens (primary N) is 1. The van der Waals surface area contributed by atoms with Gasteiger partial charge in [-0.3, -0.25) is 4.98 Å². The van der Waals surface area contributed by atoms with E-state index in [2.05, 4.69) is 15.2 Å². The van der Waals surface area contributed by atoms with Crippen molar-refractivity contribution in [2.45, 2.75) is 5.16 Å². The number of hydrogen-bond acceptors (Lipinski definition) is 6. The highest BCUT2D eigenvalue weighted by Gasteiger charge is 2.11. The molecule has 112 valence electrons. The molecule has 1 aromatic carbocycles. The molecule has 3 aromatic rings. The minimum atomic E-state index is 0.576. The first kappa shape index (κ1) is 14.4. The molecule has 0 atom stereocenters. The molecule has 0 saturated heterocycles. The minimum absolute atomic E-state index is 0.576. The first-order valence-corrected chi connectivity index (χ1v) is 7.74. The van der Waals surface area contributed by atoms with E-state index >= 15 is 0 Å². The van der Waals surface area contributed by atoms with E-state index in [0.717, 1.165) is 17.1 Å². The van der Waals surface area contributed by atoms with Crippen molar-refractivity contribution in [3.63, 3.8) is 0 Å². The molecule has 0 fully saturated rings. The van der Waals surface area contributed by atoms with Crippen LogP contribution >= 0.6 is 11.8 Å². The molecule has 0 bridgehead atoms. The lowest BCUT2D eigenvalue weighted by Crippen LogP contribution is -2.12. The zero-order chi connectivity index (χ0) is 15.2. The number of benzene rings is 1. The lowest BCUT2D eigenvalue weighted by atomic mass is 10.2. The topological polar surface area (TPSA) is 78.9 Å². The van der Waals surface area contributed by atoms with Gasteiger partial charge in [-0.1, -0.05) is 30.0 Å². The first-order chi connectivity index (χ1) is 10.8. The highest BCUT2D eigenvalue weighted by Crippen LogP contribution is 2.21. The molecule has 2 heterocycles. The van der Waals surface area contributed by atoms with Crippen LogP contribution in [-0.4, -0.2) is 32.2 Å². The molecule has 7 heteroatoms. The fourth-order valence-corrected chi connectivity index (χ4v) is 2.56. The number of thioether (sulfide) groups is 1. The fraction of sp³-hybridized carbons (Fsp3) is 0.133. The van der Waals surface area contributed by atoms with Gasteiger partial charge in [-0.15, -0.1) is 10.2 Å². The van der Waals surface area contributed by atoms with Gasteiger partial charge in [0.25, 0.3) is 0 Å². The van der Waals surface area contributed by atoms with E-state index in [1.165, 1.54) is 16.4 Å². The average molecular weight is 313 g/mol. The van der Waals surface area contributed by atoms with Gasteiger partial charge in [-0.05, 0) is 24.3 Å². The number of nitrogen functional groups attached to an aromatic ring is 1. The number of hydrogen-bond donors (Lipinski definition) is 1. The van der Waals surface area contributed by atoms with Crippen molar-refractivity contribution < 1.29 is 4.74 Å². The maximum absolute atomic E-state index is 6.04. The summed E-state index contributed by atoms with van der Waals surface area (Å²) in [7, 11) is 0. The van der Waals surface area contributed by atoms with E-state index < -0.39 is 0 Å². The van der Waals surface area contributed by atoms with Gasteiger partial charge < -0.3 is 10.6 Å². The minimum Gasteiger partial charge on any atom is -0.493 e. The molecule has 0 spiro atoms. The molecular weight excluding hydrogens is 298 g/mol. The predicted molar refractivity (Wildman–Crippen MR) is 86.1 cm³/mol. The van der Waals surface area contributed by atoms with Gasteiger partial charge in [-0.2, -0.15) is 0 Å². The van der Waals surface area contributed by atoms with Crippen molar-refractivity contribution in [2.75, 3.05) is 18.2 Å². The third kappa shape index (κ3) is 3.37. The summed E-state index contributed by atoms with van der Waals surface area (Å²) in [5.41, 5.74) is 0.886. The number of pyridine rings is 1. The number of ether oxygens (including phenoxy) is 1. The number of para-hydroxylation sites is 1. The second kappa shape index (κ2) is 6.95. The second-order valence-corrected chi connectivity index (χ2v) is 5.48. The van der Waals surface area contributed by atoms with Crippen molar-refractivity contribution in [2.24, 2.45) is 0 Å². The summed E-state index contributed by atoms with van der Waals surface area (Å²) in [6.07, 6.45) is 3.40. The summed E-state index contributed by atoms with van der Waals surface area (Å²) >= 11 is 1.51. The molecule has 0 radical (unpaired) electrons. The molecule has 0 aliphatic heterocycles. The Morgan fingerprint density at radius 1 is 1.05 bits per heavy atom. The van der Waals surface area contributed by atoms with E-state index in [1.807, 2.05) is 42.5 Å². The van der Waals surface area contributed by atoms with Crippen LogP contribution in [0.3, 0.4) is 0 Å². The fourth-order valence-electron chi connectivity index (χ4n) is 1.88. The Morgan fingerprint density at radius 2 is 1.82 bits per heavy atom. The third-order valence-electron chi connectivity index (χ3n) is 2.93. The maximum atomic E-state index is 6.04. The van der Waals surface area contributed by atoms with Crippen LogP contribution in [0.1, 0.15) is 0 Å². The van der Waals surface area contributed by atoms with Crippen LogP contribution in [0, 0.1) is 0 Å². The maximum Gasteiger partial charge on any atom is 0.210 e. The van der Waals surface area contributed by atoms with Gasteiger partial charge in [0.05, 0.1) is 6.61 Å². The molecule has 2 N–H and O–H groups in total. The number of aromatic nitrogens is 4. The molecule has 6 nitrogen and oxygen atoms in total. The molecule has 0 unspecified atom stereocenters. The van der Waals surface area contributed by atoms with Crippen LogP contribution in [0.15, 0.2) is 60.0 Å². The Balaban J connectivity index is 1.57. The molecule has 0 aliphatic carbocycles. The molecule has 3 rings (SSSR count). The molecule has 0 aliphatic rings. The van der Waals surface area contributed by atoms with E-state index in [0.29, 0.717) is 17.6 Å². The van der Waals surface area contributed by atoms with Crippen LogP contribution in [-0.2, 0) is 0 Å². The molecular formula is C15H15N5OS. The van der Waals surface area contributed by atoms with Gasteiger partial charge in [0.15, 0.2) is 5.82 Å². The highest BCUT2D eigenvalue weighted by atomic mass is 32.2. The lowest BCUT2D eigenvalue weighted by molar-refractivity contribution is 0.344. The molecule has 2 aromatic heterocycles. The Labute approximate surface area is 132 Å². The predicted octanol–water partition coefficient (Wildman–Crippen LogP) is 2.22. The third-order valence-corrected chi connectivity index (χ3v) is 3.84. The van der Waals surface area contributed by atoms with Crippen molar-refractivity contribution in [1.29, 1.82) is 0 Å². The Kier molecular flexibility index (Phi) is 4.55. The summed E-state index contributed by atoms with van der Waals surface area (Å²) in [6.45, 7) is 0.576. The summed E-state index contributed by atoms with van der Waals surface area (Å²) in [5.74, 6) is 8.25. The zero-order valence-electron chi connectivity index (χ0n) is 11.8. The van der Waals surface area contributed by atoms with Gasteiger partial charge in [-0.25, -0.2) is 4.68 Å². The molecule has 0 amide bonds. The van der Waals surface area contributed by atoms with Crippen LogP contribution in [0.4, 0.5) is 0 Å². The van der Waals surface area contributed by atoms with Crippen molar-refractivity contribution >= 4 is 11.8 Å². The van der Waals surface area contributed by atoms with E-state index in [-0.39, 0.29) is 0 Å². The molecule has 22 heavy (non-hydrogen) atoms. The highest BCUT2D eigenvalue weighted by molar-refractivity contribution is 7.99. The van der Waals surface area contributed by atoms with Crippen LogP contribution in [0.2, 0.25) is 0 Å². The largest absolute Gasteiger partial charge is 0.493 e. The van der Waals surface area contributed by atoms with Crippen molar-refractivity contribution in [1.82, 2.24) is 19.9 Å². The quantitative estimate of drug-likeness (QED) is 0.427. The van der Waals surface area contributed by atoms with Gasteiger partial charge in [0, 0.05) is 23.7 Å². The van der Waals surface area contributed by atoms with Gasteiger partial charge in [0.1, 0.15) is 5.75 Å². The number of nitrogens with zero attached hydrogens (tertiary/aromatic N) is 4. The second-order valence-electron chi connectivity index (χ2n) is 4.42. The van der Waals surface area contributed by atoms with Gasteiger partial charge >= 0.3 is 0 Å². The smallest absolute Gasteiger partial charge is 0.210 e. The Morgan fingerprint density at radius 3 is 2.59 bits per heavy atom. The monoisotopic (exact) mass is 313 g/mol. The average Bonchev–Trinajstić information content (AvgIpc) is 2.94. The Hall–Kier alpha value is -2.54. The first-order valence-electron chi connectivity index (χ1n) is 6.76. The van der Waals surface area contributed by atoms with E-state index in [9.17, 15) is 0 Å². The summed E-state index contributed by atoms with van der Waals surface area (Å²) in [5, 5.41) is 8.89. The zero-order valence-corrected chi connectivity index (χ0v) is 12.6. The Bertz CT molecular complexity index is 717. The normalized spacial score (nSPS) is 10.5. The van der Waals surface area contributed by atoms with Crippen molar-refractivity contribution in [3.05, 3.63) is 54.9 Å². The van der Waals surface area contributed by atoms with Crippen LogP contribution in [0.5, 0.6) is 5.75 Å². The van der Waals surface area contributed by atoms with Crippen LogP contribution in [0.25, 0.3) is 11.4 Å². The summed E-state index contributed by atoms with van der Waals surface area (Å²) in [6, 6.07) is 13.4. The molecule has 0 saturated carbocycles. The van der Waals surface area contributed by atoms with Gasteiger partial charge in [0.2, 0.25) is 5.16 Å². The standard InChI is InChI=1S/C15H15N5OS/c16-20-14(12-6-8-17-9-7-12)18-19-15(20)22-11-10-21-13-4-2-1-3-5-13/h1-9H,10-11,16H2. The van der Waals surface area contributed by atoms with Crippen LogP contribution < -0.4 is 10.6 Å². The summed E-state index contributed by atoms with van der Waals surface area (Å²) < 4.78 is 7.12.